The van der Waals surface area contributed by atoms with Crippen LogP contribution in [0.1, 0.15) is 0 Å². The van der Waals surface area contributed by atoms with Gasteiger partial charge in [0, 0.05) is 0 Å². The Balaban J connectivity index is 2.88. The SMILES string of the molecule is COC(=O)C1(C(=O)O)OC=CO1. The Morgan fingerprint density at radius 1 is 1.42 bits per heavy atom. The maximum absolute atomic E-state index is 10.9. The second-order valence-corrected chi connectivity index (χ2v) is 1.92. The van der Waals surface area contributed by atoms with Crippen LogP contribution in [0.3, 0.4) is 0 Å². The van der Waals surface area contributed by atoms with Crippen LogP contribution in [0.2, 0.25) is 0 Å². The highest BCUT2D eigenvalue weighted by Crippen LogP contribution is 2.21. The van der Waals surface area contributed by atoms with Crippen molar-refractivity contribution < 1.29 is 28.9 Å². The van der Waals surface area contributed by atoms with Crippen LogP contribution in [0.25, 0.3) is 0 Å². The summed E-state index contributed by atoms with van der Waals surface area (Å²) in [5, 5.41) is 8.57. The summed E-state index contributed by atoms with van der Waals surface area (Å²) in [6.07, 6.45) is 1.93. The van der Waals surface area contributed by atoms with Crippen molar-refractivity contribution in [2.75, 3.05) is 7.11 Å². The molecule has 0 bridgehead atoms. The van der Waals surface area contributed by atoms with E-state index in [1.807, 2.05) is 0 Å². The molecule has 66 valence electrons. The van der Waals surface area contributed by atoms with Gasteiger partial charge in [-0.05, 0) is 0 Å². The van der Waals surface area contributed by atoms with E-state index in [9.17, 15) is 9.59 Å². The summed E-state index contributed by atoms with van der Waals surface area (Å²) in [6, 6.07) is 0. The first-order valence-electron chi connectivity index (χ1n) is 2.96. The third-order valence-electron chi connectivity index (χ3n) is 1.26. The molecule has 12 heavy (non-hydrogen) atoms. The number of aliphatic carboxylic acids is 1. The van der Waals surface area contributed by atoms with Crippen LogP contribution in [0, 0.1) is 0 Å². The lowest BCUT2D eigenvalue weighted by Gasteiger charge is -2.18. The average Bonchev–Trinajstić information content (AvgIpc) is 2.52. The first kappa shape index (κ1) is 8.38. The Morgan fingerprint density at radius 3 is 2.25 bits per heavy atom. The first-order valence-corrected chi connectivity index (χ1v) is 2.96. The van der Waals surface area contributed by atoms with Gasteiger partial charge in [0.15, 0.2) is 0 Å². The molecule has 6 nitrogen and oxygen atoms in total. The molecule has 0 aromatic heterocycles. The largest absolute Gasteiger partial charge is 0.475 e. The molecule has 0 fully saturated rings. The Kier molecular flexibility index (Phi) is 1.90. The van der Waals surface area contributed by atoms with Crippen molar-refractivity contribution in [3.05, 3.63) is 12.5 Å². The molecular formula is C6H6O6. The van der Waals surface area contributed by atoms with E-state index in [4.69, 9.17) is 5.11 Å². The fourth-order valence-electron chi connectivity index (χ4n) is 0.694. The molecule has 0 saturated heterocycles. The summed E-state index contributed by atoms with van der Waals surface area (Å²) in [4.78, 5) is 21.4. The smallest absolute Gasteiger partial charge is 0.452 e. The fourth-order valence-corrected chi connectivity index (χ4v) is 0.694. The van der Waals surface area contributed by atoms with E-state index in [-0.39, 0.29) is 0 Å². The zero-order valence-corrected chi connectivity index (χ0v) is 6.14. The average molecular weight is 174 g/mol. The van der Waals surface area contributed by atoms with E-state index < -0.39 is 17.7 Å². The third-order valence-corrected chi connectivity index (χ3v) is 1.26. The van der Waals surface area contributed by atoms with Crippen molar-refractivity contribution in [2.24, 2.45) is 0 Å². The van der Waals surface area contributed by atoms with E-state index in [1.165, 1.54) is 0 Å². The molecule has 0 amide bonds. The number of ether oxygens (including phenoxy) is 3. The van der Waals surface area contributed by atoms with E-state index >= 15 is 0 Å². The number of rotatable bonds is 2. The van der Waals surface area contributed by atoms with Gasteiger partial charge in [0.2, 0.25) is 0 Å². The maximum atomic E-state index is 10.9. The van der Waals surface area contributed by atoms with Gasteiger partial charge in [0.05, 0.1) is 7.11 Å². The highest BCUT2D eigenvalue weighted by atomic mass is 16.8. The van der Waals surface area contributed by atoms with E-state index in [2.05, 4.69) is 14.2 Å². The highest BCUT2D eigenvalue weighted by molar-refractivity contribution is 6.01. The number of hydrogen-bond donors (Lipinski definition) is 1. The van der Waals surface area contributed by atoms with Crippen LogP contribution in [0.4, 0.5) is 0 Å². The molecule has 1 aliphatic rings. The minimum atomic E-state index is -2.35. The summed E-state index contributed by atoms with van der Waals surface area (Å²) < 4.78 is 13.1. The topological polar surface area (TPSA) is 82.1 Å². The number of carboxylic acids is 1. The monoisotopic (exact) mass is 174 g/mol. The second kappa shape index (κ2) is 2.72. The summed E-state index contributed by atoms with van der Waals surface area (Å²) in [7, 11) is 1.04. The number of carbonyl (C=O) groups excluding carboxylic acids is 1. The third kappa shape index (κ3) is 0.969. The van der Waals surface area contributed by atoms with Crippen molar-refractivity contribution in [2.45, 2.75) is 5.79 Å². The predicted molar refractivity (Wildman–Crippen MR) is 33.7 cm³/mol. The minimum Gasteiger partial charge on any atom is -0.475 e. The van der Waals surface area contributed by atoms with Gasteiger partial charge in [-0.15, -0.1) is 0 Å². The molecule has 1 aliphatic heterocycles. The quantitative estimate of drug-likeness (QED) is 0.447. The Labute approximate surface area is 67.3 Å². The van der Waals surface area contributed by atoms with E-state index in [0.717, 1.165) is 19.6 Å². The zero-order chi connectivity index (χ0) is 9.19. The van der Waals surface area contributed by atoms with Crippen molar-refractivity contribution in [3.8, 4) is 0 Å². The fraction of sp³-hybridized carbons (Fsp3) is 0.333. The zero-order valence-electron chi connectivity index (χ0n) is 6.14. The molecule has 0 radical (unpaired) electrons. The predicted octanol–water partition coefficient (Wildman–Crippen LogP) is -0.542. The van der Waals surface area contributed by atoms with Gasteiger partial charge in [-0.3, -0.25) is 0 Å². The number of hydrogen-bond acceptors (Lipinski definition) is 5. The molecule has 0 saturated carbocycles. The number of carboxylic acid groups (broad SMARTS) is 1. The van der Waals surface area contributed by atoms with Gasteiger partial charge in [0.25, 0.3) is 0 Å². The van der Waals surface area contributed by atoms with Crippen LogP contribution in [0.15, 0.2) is 12.5 Å². The van der Waals surface area contributed by atoms with Crippen LogP contribution in [-0.2, 0) is 23.8 Å². The molecule has 1 heterocycles. The standard InChI is InChI=1S/C6H6O6/c1-10-5(9)6(4(7)8)11-2-3-12-6/h2-3H,1H3,(H,7,8). The molecule has 0 unspecified atom stereocenters. The van der Waals surface area contributed by atoms with Crippen molar-refractivity contribution in [3.63, 3.8) is 0 Å². The summed E-state index contributed by atoms with van der Waals surface area (Å²) in [5.41, 5.74) is 0. The van der Waals surface area contributed by atoms with Crippen LogP contribution >= 0.6 is 0 Å². The van der Waals surface area contributed by atoms with Crippen molar-refractivity contribution in [1.82, 2.24) is 0 Å². The van der Waals surface area contributed by atoms with Crippen molar-refractivity contribution >= 4 is 11.9 Å². The summed E-state index contributed by atoms with van der Waals surface area (Å²) in [6.45, 7) is 0. The van der Waals surface area contributed by atoms with Crippen LogP contribution < -0.4 is 0 Å². The van der Waals surface area contributed by atoms with Crippen LogP contribution in [-0.4, -0.2) is 29.9 Å². The van der Waals surface area contributed by atoms with Gasteiger partial charge in [0.1, 0.15) is 12.5 Å². The normalized spacial score (nSPS) is 17.8. The second-order valence-electron chi connectivity index (χ2n) is 1.92. The van der Waals surface area contributed by atoms with Crippen LogP contribution in [0.5, 0.6) is 0 Å². The molecular weight excluding hydrogens is 168 g/mol. The maximum Gasteiger partial charge on any atom is 0.452 e. The lowest BCUT2D eigenvalue weighted by atomic mass is 10.3. The number of esters is 1. The minimum absolute atomic E-state index is 0.963. The van der Waals surface area contributed by atoms with Gasteiger partial charge in [-0.1, -0.05) is 0 Å². The van der Waals surface area contributed by atoms with E-state index in [0.29, 0.717) is 0 Å². The first-order chi connectivity index (χ1) is 5.63. The Morgan fingerprint density at radius 2 is 1.92 bits per heavy atom. The molecule has 1 N–H and O–H groups in total. The summed E-state index contributed by atoms with van der Waals surface area (Å²) in [5.74, 6) is -5.02. The number of methoxy groups -OCH3 is 1. The lowest BCUT2D eigenvalue weighted by molar-refractivity contribution is -0.211. The molecule has 0 aromatic rings. The lowest BCUT2D eigenvalue weighted by Crippen LogP contribution is -2.48. The Hall–Kier alpha value is -1.72. The van der Waals surface area contributed by atoms with Crippen molar-refractivity contribution in [1.29, 1.82) is 0 Å². The van der Waals surface area contributed by atoms with Gasteiger partial charge >= 0.3 is 17.7 Å². The highest BCUT2D eigenvalue weighted by Gasteiger charge is 2.54. The number of carbonyl (C=O) groups is 2. The van der Waals surface area contributed by atoms with Gasteiger partial charge in [-0.25, -0.2) is 9.59 Å². The molecule has 6 heteroatoms. The molecule has 0 atom stereocenters. The van der Waals surface area contributed by atoms with E-state index in [1.54, 1.807) is 0 Å². The van der Waals surface area contributed by atoms with Gasteiger partial charge < -0.3 is 19.3 Å². The molecule has 1 rings (SSSR count). The Bertz CT molecular complexity index is 234. The molecule has 0 aliphatic carbocycles. The molecule has 0 aromatic carbocycles. The molecule has 0 spiro atoms. The van der Waals surface area contributed by atoms with Gasteiger partial charge in [-0.2, -0.15) is 0 Å². The summed E-state index contributed by atoms with van der Waals surface area (Å²) >= 11 is 0.